The summed E-state index contributed by atoms with van der Waals surface area (Å²) < 4.78 is 13.4. The molecule has 1 aromatic carbocycles. The number of hydrogen-bond donors (Lipinski definition) is 1. The first-order chi connectivity index (χ1) is 12.3. The predicted molar refractivity (Wildman–Crippen MR) is 103 cm³/mol. The van der Waals surface area contributed by atoms with Crippen LogP contribution in [0.4, 0.5) is 4.39 Å². The number of nitrogens with two attached hydrogens (primary N) is 1. The number of benzene rings is 1. The maximum atomic E-state index is 13.4. The first-order valence-corrected chi connectivity index (χ1v) is 9.69. The molecule has 2 aromatic rings. The number of hydrogen-bond acceptors (Lipinski definition) is 4. The Kier molecular flexibility index (Phi) is 4.08. The lowest BCUT2D eigenvalue weighted by atomic mass is 9.79. The van der Waals surface area contributed by atoms with E-state index in [1.807, 2.05) is 19.1 Å². The minimum absolute atomic E-state index is 0.0299. The van der Waals surface area contributed by atoms with Gasteiger partial charge in [-0.15, -0.1) is 11.3 Å². The van der Waals surface area contributed by atoms with E-state index in [0.29, 0.717) is 5.92 Å². The van der Waals surface area contributed by atoms with Crippen LogP contribution in [0.25, 0.3) is 10.4 Å². The molecule has 0 saturated heterocycles. The molecule has 2 N–H and O–H groups in total. The van der Waals surface area contributed by atoms with Gasteiger partial charge in [-0.2, -0.15) is 0 Å². The number of guanidine groups is 1. The van der Waals surface area contributed by atoms with Crippen LogP contribution in [0.5, 0.6) is 0 Å². The molecule has 1 amide bonds. The number of carbonyl (C=O) groups is 1. The summed E-state index contributed by atoms with van der Waals surface area (Å²) in [7, 11) is 1.68. The summed E-state index contributed by atoms with van der Waals surface area (Å²) in [6, 6.07) is 8.63. The summed E-state index contributed by atoms with van der Waals surface area (Å²) in [5, 5.41) is 0.0938. The summed E-state index contributed by atoms with van der Waals surface area (Å²) in [6.45, 7) is 1.99. The molecule has 2 atom stereocenters. The molecule has 0 spiro atoms. The Balaban J connectivity index is 1.77. The third-order valence-corrected chi connectivity index (χ3v) is 6.95. The van der Waals surface area contributed by atoms with Crippen molar-refractivity contribution in [1.82, 2.24) is 4.90 Å². The molecule has 1 aromatic heterocycles. The van der Waals surface area contributed by atoms with Gasteiger partial charge in [-0.1, -0.05) is 17.7 Å². The standard InChI is InChI=1S/C19H19ClFN3OS/c1-19(16(10-3-4-10)17(25)24(2)18(22)23-19)15-8-7-14(26-15)11-5-6-13(21)12(20)9-11/h5-10,16H,3-4H2,1-2H3,(H2,22,23)/t16-,19-/m1/s1. The molecule has 1 fully saturated rings. The monoisotopic (exact) mass is 391 g/mol. The van der Waals surface area contributed by atoms with Crippen molar-refractivity contribution in [2.24, 2.45) is 22.6 Å². The van der Waals surface area contributed by atoms with Gasteiger partial charge in [0.15, 0.2) is 5.96 Å². The van der Waals surface area contributed by atoms with E-state index in [1.165, 1.54) is 11.0 Å². The highest BCUT2D eigenvalue weighted by Gasteiger charge is 2.53. The van der Waals surface area contributed by atoms with Crippen LogP contribution >= 0.6 is 22.9 Å². The molecule has 2 heterocycles. The molecule has 2 aliphatic rings. The van der Waals surface area contributed by atoms with Crippen LogP contribution in [-0.2, 0) is 10.3 Å². The smallest absolute Gasteiger partial charge is 0.235 e. The minimum atomic E-state index is -0.679. The first-order valence-electron chi connectivity index (χ1n) is 8.50. The maximum Gasteiger partial charge on any atom is 0.235 e. The topological polar surface area (TPSA) is 58.7 Å². The molecular weight excluding hydrogens is 373 g/mol. The lowest BCUT2D eigenvalue weighted by molar-refractivity contribution is -0.134. The van der Waals surface area contributed by atoms with Crippen LogP contribution in [0.1, 0.15) is 24.6 Å². The Morgan fingerprint density at radius 3 is 2.73 bits per heavy atom. The second-order valence-corrected chi connectivity index (χ2v) is 8.61. The molecule has 1 saturated carbocycles. The second-order valence-electron chi connectivity index (χ2n) is 7.12. The summed E-state index contributed by atoms with van der Waals surface area (Å²) in [5.74, 6) is -0.0246. The van der Waals surface area contributed by atoms with Crippen molar-refractivity contribution in [1.29, 1.82) is 0 Å². The summed E-state index contributed by atoms with van der Waals surface area (Å²) in [5.41, 5.74) is 6.18. The quantitative estimate of drug-likeness (QED) is 0.850. The van der Waals surface area contributed by atoms with Gasteiger partial charge in [0, 0.05) is 16.8 Å². The summed E-state index contributed by atoms with van der Waals surface area (Å²) >= 11 is 7.46. The van der Waals surface area contributed by atoms with Gasteiger partial charge in [-0.05, 0) is 55.5 Å². The number of thiophene rings is 1. The molecule has 26 heavy (non-hydrogen) atoms. The number of amides is 1. The lowest BCUT2D eigenvalue weighted by Crippen LogP contribution is -2.54. The van der Waals surface area contributed by atoms with Crippen LogP contribution in [0.2, 0.25) is 5.02 Å². The van der Waals surface area contributed by atoms with Crippen LogP contribution in [0, 0.1) is 17.7 Å². The second kappa shape index (κ2) is 6.06. The average Bonchev–Trinajstić information content (AvgIpc) is 3.29. The van der Waals surface area contributed by atoms with Gasteiger partial charge in [-0.25, -0.2) is 9.38 Å². The zero-order valence-corrected chi connectivity index (χ0v) is 16.1. The predicted octanol–water partition coefficient (Wildman–Crippen LogP) is 4.24. The Hall–Kier alpha value is -1.92. The van der Waals surface area contributed by atoms with Crippen LogP contribution < -0.4 is 5.73 Å². The van der Waals surface area contributed by atoms with Gasteiger partial charge in [0.1, 0.15) is 11.4 Å². The molecule has 4 rings (SSSR count). The fraction of sp³-hybridized carbons (Fsp3) is 0.368. The van der Waals surface area contributed by atoms with E-state index < -0.39 is 11.4 Å². The third kappa shape index (κ3) is 2.72. The van der Waals surface area contributed by atoms with Crippen molar-refractivity contribution < 1.29 is 9.18 Å². The largest absolute Gasteiger partial charge is 0.369 e. The van der Waals surface area contributed by atoms with Crippen molar-refractivity contribution in [3.05, 3.63) is 46.0 Å². The SMILES string of the molecule is CN1C(=O)[C@@H](C2CC2)[C@@](C)(c2ccc(-c3ccc(F)c(Cl)c3)s2)N=C1N. The van der Waals surface area contributed by atoms with E-state index in [0.717, 1.165) is 28.2 Å². The van der Waals surface area contributed by atoms with E-state index >= 15 is 0 Å². The highest BCUT2D eigenvalue weighted by molar-refractivity contribution is 7.15. The highest BCUT2D eigenvalue weighted by Crippen LogP contribution is 2.52. The summed E-state index contributed by atoms with van der Waals surface area (Å²) in [4.78, 5) is 21.0. The fourth-order valence-corrected chi connectivity index (χ4v) is 4.97. The van der Waals surface area contributed by atoms with Crippen LogP contribution in [0.15, 0.2) is 35.3 Å². The molecule has 0 radical (unpaired) electrons. The van der Waals surface area contributed by atoms with Crippen molar-refractivity contribution in [3.8, 4) is 10.4 Å². The van der Waals surface area contributed by atoms with Crippen molar-refractivity contribution >= 4 is 34.8 Å². The number of rotatable bonds is 3. The fourth-order valence-electron chi connectivity index (χ4n) is 3.66. The van der Waals surface area contributed by atoms with Crippen LogP contribution in [-0.4, -0.2) is 23.8 Å². The Morgan fingerprint density at radius 2 is 2.08 bits per heavy atom. The van der Waals surface area contributed by atoms with E-state index in [-0.39, 0.29) is 22.8 Å². The minimum Gasteiger partial charge on any atom is -0.369 e. The highest BCUT2D eigenvalue weighted by atomic mass is 35.5. The number of nitrogens with zero attached hydrogens (tertiary/aromatic N) is 2. The Labute approximate surface area is 160 Å². The Morgan fingerprint density at radius 1 is 1.35 bits per heavy atom. The molecule has 4 nitrogen and oxygen atoms in total. The molecule has 0 unspecified atom stereocenters. The van der Waals surface area contributed by atoms with Gasteiger partial charge < -0.3 is 5.73 Å². The van der Waals surface area contributed by atoms with E-state index in [9.17, 15) is 9.18 Å². The molecule has 7 heteroatoms. The van der Waals surface area contributed by atoms with E-state index in [2.05, 4.69) is 0 Å². The molecule has 0 bridgehead atoms. The van der Waals surface area contributed by atoms with E-state index in [1.54, 1.807) is 30.5 Å². The van der Waals surface area contributed by atoms with Crippen molar-refractivity contribution in [2.45, 2.75) is 25.3 Å². The number of halogens is 2. The van der Waals surface area contributed by atoms with Crippen molar-refractivity contribution in [2.75, 3.05) is 7.05 Å². The van der Waals surface area contributed by atoms with Gasteiger partial charge in [0.2, 0.25) is 5.91 Å². The molecule has 136 valence electrons. The third-order valence-electron chi connectivity index (χ3n) is 5.30. The van der Waals surface area contributed by atoms with Gasteiger partial charge >= 0.3 is 0 Å². The molecule has 1 aliphatic heterocycles. The van der Waals surface area contributed by atoms with Gasteiger partial charge in [0.05, 0.1) is 10.9 Å². The van der Waals surface area contributed by atoms with Gasteiger partial charge in [-0.3, -0.25) is 9.69 Å². The number of aliphatic imine (C=N–C) groups is 1. The number of carbonyl (C=O) groups excluding carboxylic acids is 1. The lowest BCUT2D eigenvalue weighted by Gasteiger charge is -2.40. The first kappa shape index (κ1) is 17.5. The van der Waals surface area contributed by atoms with Crippen molar-refractivity contribution in [3.63, 3.8) is 0 Å². The van der Waals surface area contributed by atoms with Crippen LogP contribution in [0.3, 0.4) is 0 Å². The molecule has 1 aliphatic carbocycles. The maximum absolute atomic E-state index is 13.4. The van der Waals surface area contributed by atoms with E-state index in [4.69, 9.17) is 22.3 Å². The van der Waals surface area contributed by atoms with Gasteiger partial charge in [0.25, 0.3) is 0 Å². The summed E-state index contributed by atoms with van der Waals surface area (Å²) in [6.07, 6.45) is 2.09. The zero-order chi connectivity index (χ0) is 18.6. The average molecular weight is 392 g/mol. The Bertz CT molecular complexity index is 923. The molecular formula is C19H19ClFN3OS. The normalized spacial score (nSPS) is 26.2. The zero-order valence-electron chi connectivity index (χ0n) is 14.5.